The molecule has 0 aliphatic rings. The molecule has 14 heteroatoms. The molecule has 0 fully saturated rings. The smallest absolute Gasteiger partial charge is 0.328 e. The van der Waals surface area contributed by atoms with Crippen LogP contribution in [0.25, 0.3) is 0 Å². The molecule has 0 radical (unpaired) electrons. The lowest BCUT2D eigenvalue weighted by Crippen LogP contribution is -2.51. The van der Waals surface area contributed by atoms with E-state index in [-0.39, 0.29) is 31.4 Å². The van der Waals surface area contributed by atoms with E-state index in [1.54, 1.807) is 6.92 Å². The first-order valence-corrected chi connectivity index (χ1v) is 14.1. The Kier molecular flexibility index (Phi) is 22.0. The van der Waals surface area contributed by atoms with E-state index in [1.165, 1.54) is 0 Å². The summed E-state index contributed by atoms with van der Waals surface area (Å²) in [6.07, 6.45) is -1.24. The molecule has 234 valence electrons. The SMILES string of the molecule is CCOC(=O)[C@H](CCCCNC(=O)CCCCCN)NC(=O)CCCCCNC(=O)[C@H](O)[C@@H](O)[C@H](O)[C@H](O)CO. The van der Waals surface area contributed by atoms with Gasteiger partial charge in [0.15, 0.2) is 6.10 Å². The van der Waals surface area contributed by atoms with Gasteiger partial charge in [-0.25, -0.2) is 4.79 Å². The fraction of sp³-hybridized carbons (Fsp3) is 0.846. The predicted octanol–water partition coefficient (Wildman–Crippen LogP) is -2.05. The zero-order chi connectivity index (χ0) is 30.3. The molecule has 14 nitrogen and oxygen atoms in total. The molecule has 0 saturated carbocycles. The summed E-state index contributed by atoms with van der Waals surface area (Å²) in [5, 5.41) is 55.1. The van der Waals surface area contributed by atoms with E-state index in [9.17, 15) is 39.6 Å². The van der Waals surface area contributed by atoms with Crippen LogP contribution in [0.1, 0.15) is 77.6 Å². The Hall–Kier alpha value is -2.36. The minimum absolute atomic E-state index is 0.0164. The third-order valence-corrected chi connectivity index (χ3v) is 6.16. The van der Waals surface area contributed by atoms with Crippen molar-refractivity contribution in [1.82, 2.24) is 16.0 Å². The summed E-state index contributed by atoms with van der Waals surface area (Å²) in [4.78, 5) is 48.3. The summed E-state index contributed by atoms with van der Waals surface area (Å²) in [5.74, 6) is -1.80. The molecule has 0 aromatic carbocycles. The zero-order valence-electron chi connectivity index (χ0n) is 23.6. The average molecular weight is 579 g/mol. The van der Waals surface area contributed by atoms with Crippen molar-refractivity contribution in [2.24, 2.45) is 5.73 Å². The van der Waals surface area contributed by atoms with Crippen molar-refractivity contribution in [3.05, 3.63) is 0 Å². The lowest BCUT2D eigenvalue weighted by atomic mass is 10.0. The number of amides is 3. The number of nitrogens with two attached hydrogens (primary N) is 1. The molecule has 0 aliphatic heterocycles. The van der Waals surface area contributed by atoms with Crippen molar-refractivity contribution in [2.75, 3.05) is 32.8 Å². The van der Waals surface area contributed by atoms with Gasteiger partial charge in [-0.3, -0.25) is 14.4 Å². The predicted molar refractivity (Wildman–Crippen MR) is 146 cm³/mol. The van der Waals surface area contributed by atoms with Crippen molar-refractivity contribution in [1.29, 1.82) is 0 Å². The minimum Gasteiger partial charge on any atom is -0.464 e. The molecular formula is C26H50N4O10. The van der Waals surface area contributed by atoms with Crippen LogP contribution in [-0.2, 0) is 23.9 Å². The van der Waals surface area contributed by atoms with Gasteiger partial charge in [-0.05, 0) is 58.4 Å². The third-order valence-electron chi connectivity index (χ3n) is 6.16. The van der Waals surface area contributed by atoms with Crippen LogP contribution in [0.15, 0.2) is 0 Å². The van der Waals surface area contributed by atoms with Gasteiger partial charge in [0.1, 0.15) is 24.4 Å². The minimum atomic E-state index is -2.00. The van der Waals surface area contributed by atoms with Gasteiger partial charge in [-0.2, -0.15) is 0 Å². The van der Waals surface area contributed by atoms with E-state index >= 15 is 0 Å². The van der Waals surface area contributed by atoms with E-state index in [2.05, 4.69) is 16.0 Å². The number of rotatable bonds is 24. The van der Waals surface area contributed by atoms with Crippen LogP contribution >= 0.6 is 0 Å². The molecule has 5 atom stereocenters. The van der Waals surface area contributed by atoms with Gasteiger partial charge in [0.25, 0.3) is 5.91 Å². The van der Waals surface area contributed by atoms with Crippen LogP contribution in [0.5, 0.6) is 0 Å². The third kappa shape index (κ3) is 17.4. The van der Waals surface area contributed by atoms with Gasteiger partial charge >= 0.3 is 5.97 Å². The van der Waals surface area contributed by atoms with Crippen LogP contribution in [0, 0.1) is 0 Å². The monoisotopic (exact) mass is 578 g/mol. The molecule has 0 unspecified atom stereocenters. The van der Waals surface area contributed by atoms with Gasteiger partial charge in [0.05, 0.1) is 13.2 Å². The number of hydrogen-bond donors (Lipinski definition) is 9. The van der Waals surface area contributed by atoms with Crippen molar-refractivity contribution < 1.29 is 49.4 Å². The normalized spacial score (nSPS) is 14.9. The standard InChI is InChI=1S/C26H50N4O10/c1-2-40-26(39)18(11-7-10-15-28-20(33)12-5-3-8-14-27)30-21(34)13-6-4-9-16-29-25(38)24(37)23(36)22(35)19(32)17-31/h18-19,22-24,31-32,35-37H,2-17,27H2,1H3,(H,28,33)(H,29,38)(H,30,34)/t18-,19+,22+,23-,24+/m0/s1. The number of carbonyl (C=O) groups excluding carboxylic acids is 4. The second-order valence-corrected chi connectivity index (χ2v) is 9.59. The molecule has 0 spiro atoms. The molecule has 0 aliphatic carbocycles. The summed E-state index contributed by atoms with van der Waals surface area (Å²) < 4.78 is 5.06. The maximum atomic E-state index is 12.4. The molecule has 0 aromatic heterocycles. The lowest BCUT2D eigenvalue weighted by molar-refractivity contribution is -0.149. The quantitative estimate of drug-likeness (QED) is 0.0446. The molecule has 3 amide bonds. The van der Waals surface area contributed by atoms with E-state index in [1.807, 2.05) is 0 Å². The van der Waals surface area contributed by atoms with Crippen molar-refractivity contribution >= 4 is 23.7 Å². The van der Waals surface area contributed by atoms with Crippen molar-refractivity contribution in [3.8, 4) is 0 Å². The molecule has 0 rings (SSSR count). The highest BCUT2D eigenvalue weighted by atomic mass is 16.5. The molecule has 0 bridgehead atoms. The van der Waals surface area contributed by atoms with Gasteiger partial charge in [0, 0.05) is 25.9 Å². The first-order valence-electron chi connectivity index (χ1n) is 14.1. The average Bonchev–Trinajstić information content (AvgIpc) is 2.94. The van der Waals surface area contributed by atoms with Crippen molar-refractivity contribution in [2.45, 2.75) is 108 Å². The number of aliphatic hydroxyl groups is 5. The van der Waals surface area contributed by atoms with Crippen LogP contribution in [0.4, 0.5) is 0 Å². The summed E-state index contributed by atoms with van der Waals surface area (Å²) in [6.45, 7) is 2.25. The van der Waals surface area contributed by atoms with Gasteiger partial charge in [-0.1, -0.05) is 12.8 Å². The zero-order valence-corrected chi connectivity index (χ0v) is 23.6. The van der Waals surface area contributed by atoms with Gasteiger partial charge in [-0.15, -0.1) is 0 Å². The lowest BCUT2D eigenvalue weighted by Gasteiger charge is -2.24. The Balaban J connectivity index is 4.25. The number of esters is 1. The van der Waals surface area contributed by atoms with Crippen molar-refractivity contribution in [3.63, 3.8) is 0 Å². The molecule has 10 N–H and O–H groups in total. The Morgan fingerprint density at radius 2 is 1.38 bits per heavy atom. The van der Waals surface area contributed by atoms with Gasteiger partial charge < -0.3 is 52.0 Å². The highest BCUT2D eigenvalue weighted by molar-refractivity contribution is 5.84. The maximum absolute atomic E-state index is 12.4. The number of nitrogens with one attached hydrogen (secondary N) is 3. The molecular weight excluding hydrogens is 528 g/mol. The first kappa shape index (κ1) is 37.6. The fourth-order valence-corrected chi connectivity index (χ4v) is 3.74. The van der Waals surface area contributed by atoms with Crippen LogP contribution in [0.2, 0.25) is 0 Å². The van der Waals surface area contributed by atoms with E-state index in [0.717, 1.165) is 19.3 Å². The Morgan fingerprint density at radius 3 is 2.00 bits per heavy atom. The Morgan fingerprint density at radius 1 is 0.775 bits per heavy atom. The van der Waals surface area contributed by atoms with Crippen LogP contribution < -0.4 is 21.7 Å². The molecule has 0 aromatic rings. The highest BCUT2D eigenvalue weighted by Gasteiger charge is 2.33. The number of hydrogen-bond acceptors (Lipinski definition) is 11. The maximum Gasteiger partial charge on any atom is 0.328 e. The number of aliphatic hydroxyl groups excluding tert-OH is 5. The summed E-state index contributed by atoms with van der Waals surface area (Å²) in [6, 6.07) is -0.786. The van der Waals surface area contributed by atoms with Crippen LogP contribution in [0.3, 0.4) is 0 Å². The molecule has 40 heavy (non-hydrogen) atoms. The van der Waals surface area contributed by atoms with E-state index in [0.29, 0.717) is 58.0 Å². The first-order chi connectivity index (χ1) is 19.1. The Bertz CT molecular complexity index is 728. The van der Waals surface area contributed by atoms with E-state index in [4.69, 9.17) is 15.6 Å². The van der Waals surface area contributed by atoms with E-state index < -0.39 is 48.9 Å². The fourth-order valence-electron chi connectivity index (χ4n) is 3.74. The number of unbranched alkanes of at least 4 members (excludes halogenated alkanes) is 5. The van der Waals surface area contributed by atoms with Gasteiger partial charge in [0.2, 0.25) is 11.8 Å². The summed E-state index contributed by atoms with van der Waals surface area (Å²) >= 11 is 0. The summed E-state index contributed by atoms with van der Waals surface area (Å²) in [5.41, 5.74) is 5.43. The topological polar surface area (TPSA) is 241 Å². The number of ether oxygens (including phenoxy) is 1. The second kappa shape index (κ2) is 23.4. The summed E-state index contributed by atoms with van der Waals surface area (Å²) in [7, 11) is 0. The second-order valence-electron chi connectivity index (χ2n) is 9.59. The Labute approximate surface area is 236 Å². The number of carbonyl (C=O) groups is 4. The highest BCUT2D eigenvalue weighted by Crippen LogP contribution is 2.08. The van der Waals surface area contributed by atoms with Crippen LogP contribution in [-0.4, -0.2) is 113 Å². The molecule has 0 heterocycles. The molecule has 0 saturated heterocycles. The largest absolute Gasteiger partial charge is 0.464 e.